The number of aromatic nitrogens is 2. The number of phenols is 1. The van der Waals surface area contributed by atoms with E-state index in [1.165, 1.54) is 13.2 Å². The van der Waals surface area contributed by atoms with E-state index in [1.54, 1.807) is 12.1 Å². The molecule has 1 aromatic carbocycles. The van der Waals surface area contributed by atoms with Crippen LogP contribution in [0.5, 0.6) is 5.75 Å². The van der Waals surface area contributed by atoms with Crippen LogP contribution in [0.2, 0.25) is 0 Å². The zero-order valence-electron chi connectivity index (χ0n) is 18.2. The molecular weight excluding hydrogens is 390 g/mol. The average molecular weight is 420 g/mol. The molecule has 1 aromatic heterocycles. The highest BCUT2D eigenvalue weighted by Crippen LogP contribution is 2.42. The Morgan fingerprint density at radius 1 is 1.03 bits per heavy atom. The fraction of sp³-hybridized carbons (Fsp3) is 0.476. The number of carbonyl (C=O) groups is 1. The molecule has 0 radical (unpaired) electrons. The van der Waals surface area contributed by atoms with Crippen LogP contribution in [0.4, 0.5) is 0 Å². The molecule has 29 heavy (non-hydrogen) atoms. The molecule has 2 aromatic rings. The second-order valence-corrected chi connectivity index (χ2v) is 11.1. The lowest BCUT2D eigenvalue weighted by atomic mass is 9.78. The highest BCUT2D eigenvalue weighted by atomic mass is 32.2. The van der Waals surface area contributed by atoms with Crippen molar-refractivity contribution in [2.45, 2.75) is 57.5 Å². The van der Waals surface area contributed by atoms with Gasteiger partial charge in [-0.25, -0.2) is 18.4 Å². The second kappa shape index (κ2) is 7.40. The lowest BCUT2D eigenvalue weighted by Crippen LogP contribution is -2.21. The number of hydrogen-bond acceptors (Lipinski definition) is 6. The number of hydrogen-bond donors (Lipinski definition) is 2. The lowest BCUT2D eigenvalue weighted by molar-refractivity contribution is 0.0963. The van der Waals surface area contributed by atoms with E-state index < -0.39 is 15.7 Å². The van der Waals surface area contributed by atoms with E-state index in [1.807, 2.05) is 41.5 Å². The van der Waals surface area contributed by atoms with Crippen molar-refractivity contribution in [3.8, 4) is 17.0 Å². The molecule has 8 heteroatoms. The first kappa shape index (κ1) is 22.8. The topological polar surface area (TPSA) is 109 Å². The van der Waals surface area contributed by atoms with Gasteiger partial charge < -0.3 is 10.4 Å². The number of aromatic hydroxyl groups is 1. The summed E-state index contributed by atoms with van der Waals surface area (Å²) in [5, 5.41) is 13.1. The molecule has 0 aliphatic heterocycles. The normalized spacial score (nSPS) is 12.7. The lowest BCUT2D eigenvalue weighted by Gasteiger charge is -2.28. The van der Waals surface area contributed by atoms with Gasteiger partial charge in [-0.2, -0.15) is 0 Å². The summed E-state index contributed by atoms with van der Waals surface area (Å²) < 4.78 is 24.0. The highest BCUT2D eigenvalue weighted by molar-refractivity contribution is 7.90. The van der Waals surface area contributed by atoms with Crippen molar-refractivity contribution in [2.24, 2.45) is 0 Å². The fourth-order valence-electron chi connectivity index (χ4n) is 2.98. The van der Waals surface area contributed by atoms with Crippen LogP contribution >= 0.6 is 0 Å². The van der Waals surface area contributed by atoms with Crippen LogP contribution in [0.3, 0.4) is 0 Å². The molecule has 7 nitrogen and oxygen atoms in total. The van der Waals surface area contributed by atoms with Crippen molar-refractivity contribution >= 4 is 15.7 Å². The summed E-state index contributed by atoms with van der Waals surface area (Å²) in [5.74, 6) is -0.240. The van der Waals surface area contributed by atoms with Crippen LogP contribution < -0.4 is 5.32 Å². The minimum Gasteiger partial charge on any atom is -0.507 e. The summed E-state index contributed by atoms with van der Waals surface area (Å²) in [7, 11) is -2.19. The maximum atomic E-state index is 12.4. The Labute approximate surface area is 172 Å². The molecule has 2 rings (SSSR count). The molecule has 1 heterocycles. The van der Waals surface area contributed by atoms with Gasteiger partial charge in [0, 0.05) is 36.2 Å². The molecule has 0 spiro atoms. The quantitative estimate of drug-likeness (QED) is 0.740. The predicted octanol–water partition coefficient (Wildman–Crippen LogP) is 3.21. The Bertz CT molecular complexity index is 1030. The first-order chi connectivity index (χ1) is 13.1. The number of carbonyl (C=O) groups excluding carboxylic acids is 1. The van der Waals surface area contributed by atoms with Crippen LogP contribution in [-0.4, -0.2) is 42.7 Å². The number of nitrogens with one attached hydrogen (secondary N) is 1. The molecule has 0 bridgehead atoms. The molecular formula is C21H29N3O4S. The van der Waals surface area contributed by atoms with Crippen molar-refractivity contribution in [3.63, 3.8) is 0 Å². The van der Waals surface area contributed by atoms with Crippen molar-refractivity contribution in [1.82, 2.24) is 15.3 Å². The van der Waals surface area contributed by atoms with Crippen LogP contribution in [0.1, 0.15) is 63.0 Å². The number of rotatable bonds is 3. The Morgan fingerprint density at radius 2 is 1.52 bits per heavy atom. The molecule has 0 saturated heterocycles. The molecule has 0 fully saturated rings. The van der Waals surface area contributed by atoms with Gasteiger partial charge >= 0.3 is 0 Å². The maximum Gasteiger partial charge on any atom is 0.254 e. The minimum atomic E-state index is -3.67. The van der Waals surface area contributed by atoms with Gasteiger partial charge in [0.15, 0.2) is 0 Å². The van der Waals surface area contributed by atoms with E-state index in [2.05, 4.69) is 15.3 Å². The van der Waals surface area contributed by atoms with E-state index in [0.717, 1.165) is 6.26 Å². The summed E-state index contributed by atoms with van der Waals surface area (Å²) in [6.45, 7) is 11.8. The smallest absolute Gasteiger partial charge is 0.254 e. The zero-order valence-corrected chi connectivity index (χ0v) is 19.0. The number of nitrogens with zero attached hydrogens (tertiary/aromatic N) is 2. The fourth-order valence-corrected chi connectivity index (χ4v) is 3.48. The van der Waals surface area contributed by atoms with Crippen LogP contribution in [-0.2, 0) is 20.7 Å². The van der Waals surface area contributed by atoms with E-state index in [-0.39, 0.29) is 33.0 Å². The monoisotopic (exact) mass is 419 g/mol. The summed E-state index contributed by atoms with van der Waals surface area (Å²) in [6, 6.07) is 3.51. The standard InChI is InChI=1S/C21H29N3O4S/c1-20(2,3)14-9-12(10-15(17(14)25)21(4,5)6)16-13(18(26)22-7)11-23-19(24-16)29(8,27)28/h9-11,25H,1-8H3,(H,22,26). The van der Waals surface area contributed by atoms with E-state index in [0.29, 0.717) is 16.7 Å². The van der Waals surface area contributed by atoms with Gasteiger partial charge in [0.2, 0.25) is 15.0 Å². The van der Waals surface area contributed by atoms with Gasteiger partial charge in [-0.1, -0.05) is 41.5 Å². The largest absolute Gasteiger partial charge is 0.507 e. The van der Waals surface area contributed by atoms with E-state index >= 15 is 0 Å². The SMILES string of the molecule is CNC(=O)c1cnc(S(C)(=O)=O)nc1-c1cc(C(C)(C)C)c(O)c(C(C)(C)C)c1. The summed E-state index contributed by atoms with van der Waals surface area (Å²) >= 11 is 0. The summed E-state index contributed by atoms with van der Waals surface area (Å²) in [6.07, 6.45) is 2.24. The van der Waals surface area contributed by atoms with Gasteiger partial charge in [0.05, 0.1) is 11.3 Å². The van der Waals surface area contributed by atoms with Gasteiger partial charge in [-0.05, 0) is 23.0 Å². The third kappa shape index (κ3) is 4.75. The number of phenolic OH excluding ortho intramolecular Hbond substituents is 1. The Morgan fingerprint density at radius 3 is 1.90 bits per heavy atom. The second-order valence-electron chi connectivity index (χ2n) is 9.19. The molecule has 1 amide bonds. The first-order valence-electron chi connectivity index (χ1n) is 9.25. The van der Waals surface area contributed by atoms with Crippen LogP contribution in [0.25, 0.3) is 11.3 Å². The maximum absolute atomic E-state index is 12.4. The number of sulfone groups is 1. The minimum absolute atomic E-state index is 0.158. The third-order valence-corrected chi connectivity index (χ3v) is 5.43. The molecule has 2 N–H and O–H groups in total. The average Bonchev–Trinajstić information content (AvgIpc) is 2.58. The van der Waals surface area contributed by atoms with Crippen LogP contribution in [0.15, 0.2) is 23.5 Å². The van der Waals surface area contributed by atoms with Gasteiger partial charge in [-0.15, -0.1) is 0 Å². The zero-order chi connectivity index (χ0) is 22.4. The Hall–Kier alpha value is -2.48. The summed E-state index contributed by atoms with van der Waals surface area (Å²) in [4.78, 5) is 20.5. The van der Waals surface area contributed by atoms with Gasteiger partial charge in [0.25, 0.3) is 5.91 Å². The van der Waals surface area contributed by atoms with E-state index in [4.69, 9.17) is 0 Å². The van der Waals surface area contributed by atoms with Gasteiger partial charge in [-0.3, -0.25) is 4.79 Å². The van der Waals surface area contributed by atoms with Crippen molar-refractivity contribution in [1.29, 1.82) is 0 Å². The Balaban J connectivity index is 2.97. The van der Waals surface area contributed by atoms with Crippen molar-refractivity contribution in [3.05, 3.63) is 35.0 Å². The molecule has 158 valence electrons. The van der Waals surface area contributed by atoms with Crippen molar-refractivity contribution < 1.29 is 18.3 Å². The van der Waals surface area contributed by atoms with Gasteiger partial charge in [0.1, 0.15) is 5.75 Å². The van der Waals surface area contributed by atoms with Crippen molar-refractivity contribution in [2.75, 3.05) is 13.3 Å². The number of amides is 1. The molecule has 0 saturated carbocycles. The van der Waals surface area contributed by atoms with Crippen LogP contribution in [0, 0.1) is 0 Å². The van der Waals surface area contributed by atoms with E-state index in [9.17, 15) is 18.3 Å². The Kier molecular flexibility index (Phi) is 5.82. The summed E-state index contributed by atoms with van der Waals surface area (Å²) in [5.41, 5.74) is 1.49. The molecule has 0 atom stereocenters. The highest BCUT2D eigenvalue weighted by Gasteiger charge is 2.28. The molecule has 0 aliphatic carbocycles. The third-order valence-electron chi connectivity index (χ3n) is 4.57. The molecule has 0 unspecified atom stereocenters. The first-order valence-corrected chi connectivity index (χ1v) is 11.1. The molecule has 0 aliphatic rings. The number of benzene rings is 1. The predicted molar refractivity (Wildman–Crippen MR) is 113 cm³/mol.